The molecule has 1 aromatic carbocycles. The van der Waals surface area contributed by atoms with Crippen LogP contribution in [-0.4, -0.2) is 33.0 Å². The van der Waals surface area contributed by atoms with E-state index in [0.717, 1.165) is 17.2 Å². The van der Waals surface area contributed by atoms with Crippen LogP contribution in [0.15, 0.2) is 18.2 Å². The molecule has 102 valence electrons. The zero-order valence-corrected chi connectivity index (χ0v) is 12.0. The van der Waals surface area contributed by atoms with Gasteiger partial charge >= 0.3 is 0 Å². The molecule has 0 aliphatic carbocycles. The smallest absolute Gasteiger partial charge is 0.145 e. The van der Waals surface area contributed by atoms with Gasteiger partial charge in [-0.05, 0) is 32.9 Å². The molecule has 0 amide bonds. The first-order chi connectivity index (χ1) is 8.44. The molecule has 0 aliphatic rings. The van der Waals surface area contributed by atoms with E-state index >= 15 is 0 Å². The van der Waals surface area contributed by atoms with Gasteiger partial charge in [-0.1, -0.05) is 0 Å². The number of anilines is 1. The number of nitrogens with one attached hydrogen (secondary N) is 1. The summed E-state index contributed by atoms with van der Waals surface area (Å²) < 4.78 is 16.0. The maximum absolute atomic E-state index is 5.46. The van der Waals surface area contributed by atoms with E-state index in [1.165, 1.54) is 0 Å². The van der Waals surface area contributed by atoms with Gasteiger partial charge in [-0.25, -0.2) is 0 Å². The highest BCUT2D eigenvalue weighted by molar-refractivity contribution is 5.59. The molecule has 0 spiro atoms. The third-order valence-corrected chi connectivity index (χ3v) is 3.35. The Bertz CT molecular complexity index is 391. The summed E-state index contributed by atoms with van der Waals surface area (Å²) in [5, 5.41) is 3.40. The molecule has 0 aliphatic heterocycles. The van der Waals surface area contributed by atoms with E-state index in [4.69, 9.17) is 14.2 Å². The number of ether oxygens (including phenoxy) is 3. The second-order valence-electron chi connectivity index (χ2n) is 4.74. The number of benzene rings is 1. The standard InChI is InChI=1S/C14H23NO3/c1-10(14(2,3)18-6)15-12-8-7-11(16-4)9-13(12)17-5/h7-10,15H,1-6H3. The fraction of sp³-hybridized carbons (Fsp3) is 0.571. The summed E-state index contributed by atoms with van der Waals surface area (Å²) in [4.78, 5) is 0. The Morgan fingerprint density at radius 3 is 2.28 bits per heavy atom. The van der Waals surface area contributed by atoms with Crippen molar-refractivity contribution in [1.82, 2.24) is 0 Å². The minimum absolute atomic E-state index is 0.143. The van der Waals surface area contributed by atoms with Crippen molar-refractivity contribution in [1.29, 1.82) is 0 Å². The highest BCUT2D eigenvalue weighted by Gasteiger charge is 2.25. The Hall–Kier alpha value is -1.42. The van der Waals surface area contributed by atoms with Crippen LogP contribution in [-0.2, 0) is 4.74 Å². The lowest BCUT2D eigenvalue weighted by molar-refractivity contribution is 0.0107. The molecule has 1 atom stereocenters. The average Bonchev–Trinajstić information content (AvgIpc) is 2.38. The first-order valence-corrected chi connectivity index (χ1v) is 5.98. The van der Waals surface area contributed by atoms with Crippen LogP contribution in [0.25, 0.3) is 0 Å². The predicted molar refractivity (Wildman–Crippen MR) is 73.7 cm³/mol. The van der Waals surface area contributed by atoms with Gasteiger partial charge in [-0.2, -0.15) is 0 Å². The first kappa shape index (κ1) is 14.6. The highest BCUT2D eigenvalue weighted by Crippen LogP contribution is 2.31. The van der Waals surface area contributed by atoms with E-state index in [0.29, 0.717) is 0 Å². The summed E-state index contributed by atoms with van der Waals surface area (Å²) in [6, 6.07) is 5.84. The first-order valence-electron chi connectivity index (χ1n) is 5.98. The summed E-state index contributed by atoms with van der Waals surface area (Å²) in [7, 11) is 4.99. The van der Waals surface area contributed by atoms with E-state index < -0.39 is 0 Å². The zero-order valence-electron chi connectivity index (χ0n) is 12.0. The molecule has 0 fully saturated rings. The van der Waals surface area contributed by atoms with Gasteiger partial charge in [0.05, 0.1) is 31.5 Å². The molecule has 4 heteroatoms. The molecule has 0 aromatic heterocycles. The van der Waals surface area contributed by atoms with E-state index in [-0.39, 0.29) is 11.6 Å². The summed E-state index contributed by atoms with van der Waals surface area (Å²) >= 11 is 0. The number of hydrogen-bond acceptors (Lipinski definition) is 4. The quantitative estimate of drug-likeness (QED) is 0.846. The van der Waals surface area contributed by atoms with Gasteiger partial charge in [0.2, 0.25) is 0 Å². The van der Waals surface area contributed by atoms with Gasteiger partial charge in [0.15, 0.2) is 0 Å². The van der Waals surface area contributed by atoms with Gasteiger partial charge < -0.3 is 19.5 Å². The summed E-state index contributed by atoms with van der Waals surface area (Å²) in [6.45, 7) is 6.16. The topological polar surface area (TPSA) is 39.7 Å². The van der Waals surface area contributed by atoms with E-state index in [1.54, 1.807) is 21.3 Å². The largest absolute Gasteiger partial charge is 0.497 e. The number of hydrogen-bond donors (Lipinski definition) is 1. The minimum atomic E-state index is -0.259. The average molecular weight is 253 g/mol. The van der Waals surface area contributed by atoms with Crippen molar-refractivity contribution in [3.8, 4) is 11.5 Å². The van der Waals surface area contributed by atoms with Gasteiger partial charge in [0.25, 0.3) is 0 Å². The zero-order chi connectivity index (χ0) is 13.8. The lowest BCUT2D eigenvalue weighted by Gasteiger charge is -2.32. The van der Waals surface area contributed by atoms with Gasteiger partial charge in [0, 0.05) is 13.2 Å². The summed E-state index contributed by atoms with van der Waals surface area (Å²) in [5.74, 6) is 1.53. The molecule has 0 saturated carbocycles. The molecule has 0 heterocycles. The van der Waals surface area contributed by atoms with Crippen molar-refractivity contribution >= 4 is 5.69 Å². The molecule has 1 rings (SSSR count). The van der Waals surface area contributed by atoms with Crippen LogP contribution >= 0.6 is 0 Å². The lowest BCUT2D eigenvalue weighted by atomic mass is 10.00. The Morgan fingerprint density at radius 1 is 1.11 bits per heavy atom. The SMILES string of the molecule is COc1ccc(NC(C)C(C)(C)OC)c(OC)c1. The molecule has 18 heavy (non-hydrogen) atoms. The van der Waals surface area contributed by atoms with Crippen molar-refractivity contribution in [2.45, 2.75) is 32.4 Å². The number of methoxy groups -OCH3 is 3. The van der Waals surface area contributed by atoms with Crippen molar-refractivity contribution in [3.63, 3.8) is 0 Å². The molecule has 4 nitrogen and oxygen atoms in total. The third-order valence-electron chi connectivity index (χ3n) is 3.35. The fourth-order valence-electron chi connectivity index (χ4n) is 1.50. The minimum Gasteiger partial charge on any atom is -0.497 e. The fourth-order valence-corrected chi connectivity index (χ4v) is 1.50. The molecule has 0 bridgehead atoms. The van der Waals surface area contributed by atoms with Crippen molar-refractivity contribution in [2.24, 2.45) is 0 Å². The third kappa shape index (κ3) is 3.29. The Morgan fingerprint density at radius 2 is 1.78 bits per heavy atom. The second-order valence-corrected chi connectivity index (χ2v) is 4.74. The van der Waals surface area contributed by atoms with E-state index in [1.807, 2.05) is 32.0 Å². The molecule has 1 aromatic rings. The van der Waals surface area contributed by atoms with Crippen LogP contribution in [0.2, 0.25) is 0 Å². The van der Waals surface area contributed by atoms with Gasteiger partial charge in [0.1, 0.15) is 11.5 Å². The molecular weight excluding hydrogens is 230 g/mol. The predicted octanol–water partition coefficient (Wildman–Crippen LogP) is 2.93. The van der Waals surface area contributed by atoms with E-state index in [9.17, 15) is 0 Å². The van der Waals surface area contributed by atoms with Crippen LogP contribution in [0.4, 0.5) is 5.69 Å². The normalized spacial score (nSPS) is 13.0. The van der Waals surface area contributed by atoms with E-state index in [2.05, 4.69) is 12.2 Å². The second kappa shape index (κ2) is 5.96. The Balaban J connectivity index is 2.90. The summed E-state index contributed by atoms with van der Waals surface area (Å²) in [5.41, 5.74) is 0.668. The van der Waals surface area contributed by atoms with Gasteiger partial charge in [-0.15, -0.1) is 0 Å². The maximum Gasteiger partial charge on any atom is 0.145 e. The van der Waals surface area contributed by atoms with Crippen molar-refractivity contribution < 1.29 is 14.2 Å². The van der Waals surface area contributed by atoms with Crippen molar-refractivity contribution in [2.75, 3.05) is 26.6 Å². The van der Waals surface area contributed by atoms with Crippen LogP contribution in [0.3, 0.4) is 0 Å². The lowest BCUT2D eigenvalue weighted by Crippen LogP contribution is -2.41. The monoisotopic (exact) mass is 253 g/mol. The maximum atomic E-state index is 5.46. The summed E-state index contributed by atoms with van der Waals surface area (Å²) in [6.07, 6.45) is 0. The number of rotatable bonds is 6. The van der Waals surface area contributed by atoms with Crippen LogP contribution in [0, 0.1) is 0 Å². The molecule has 1 unspecified atom stereocenters. The van der Waals surface area contributed by atoms with Crippen LogP contribution < -0.4 is 14.8 Å². The Labute approximate surface area is 109 Å². The molecule has 1 N–H and O–H groups in total. The molecule has 0 saturated heterocycles. The Kier molecular flexibility index (Phi) is 4.84. The molecule has 0 radical (unpaired) electrons. The highest BCUT2D eigenvalue weighted by atomic mass is 16.5. The van der Waals surface area contributed by atoms with Crippen LogP contribution in [0.5, 0.6) is 11.5 Å². The van der Waals surface area contributed by atoms with Crippen LogP contribution in [0.1, 0.15) is 20.8 Å². The van der Waals surface area contributed by atoms with Crippen molar-refractivity contribution in [3.05, 3.63) is 18.2 Å². The molecular formula is C14H23NO3. The van der Waals surface area contributed by atoms with Gasteiger partial charge in [-0.3, -0.25) is 0 Å².